The number of hydrazine groups is 1. The molecule has 0 spiro atoms. The van der Waals surface area contributed by atoms with Gasteiger partial charge >= 0.3 is 0 Å². The molecule has 1 aliphatic carbocycles. The van der Waals surface area contributed by atoms with E-state index in [1.165, 1.54) is 37.3 Å². The first kappa shape index (κ1) is 25.1. The second kappa shape index (κ2) is 13.3. The Labute approximate surface area is 185 Å². The monoisotopic (exact) mass is 433 g/mol. The number of amidine groups is 1. The van der Waals surface area contributed by atoms with E-state index in [1.807, 2.05) is 13.1 Å². The Kier molecular flexibility index (Phi) is 11.1. The van der Waals surface area contributed by atoms with Gasteiger partial charge in [0.25, 0.3) is 0 Å². The van der Waals surface area contributed by atoms with Crippen LogP contribution in [0.1, 0.15) is 51.0 Å². The van der Waals surface area contributed by atoms with Gasteiger partial charge in [-0.25, -0.2) is 0 Å². The average Bonchev–Trinajstić information content (AvgIpc) is 3.25. The average molecular weight is 434 g/mol. The lowest BCUT2D eigenvalue weighted by Gasteiger charge is -2.34. The van der Waals surface area contributed by atoms with Crippen molar-refractivity contribution >= 4 is 13.9 Å². The third-order valence-electron chi connectivity index (χ3n) is 5.64. The van der Waals surface area contributed by atoms with Crippen molar-refractivity contribution in [2.45, 2.75) is 84.0 Å². The van der Waals surface area contributed by atoms with Gasteiger partial charge in [0.1, 0.15) is 18.8 Å². The van der Waals surface area contributed by atoms with Crippen molar-refractivity contribution in [1.82, 2.24) is 10.4 Å². The number of hydrogen-bond acceptors (Lipinski definition) is 4. The van der Waals surface area contributed by atoms with Crippen LogP contribution in [0.25, 0.3) is 0 Å². The van der Waals surface area contributed by atoms with E-state index in [4.69, 9.17) is 9.47 Å². The number of nitrogens with one attached hydrogen (secondary N) is 1. The van der Waals surface area contributed by atoms with Crippen LogP contribution in [0.2, 0.25) is 25.7 Å². The molecule has 1 atom stereocenters. The SMILES string of the molecule is CCCC(OCc1ccccc1)N(COCC[Si](C)(C)C)NC(=NC)C1CCCC1. The zero-order chi connectivity index (χ0) is 21.8. The fourth-order valence-corrected chi connectivity index (χ4v) is 4.50. The third-order valence-corrected chi connectivity index (χ3v) is 7.34. The Hall–Kier alpha value is -1.21. The number of aliphatic imine (C=N–C) groups is 1. The highest BCUT2D eigenvalue weighted by atomic mass is 28.3. The van der Waals surface area contributed by atoms with Crippen LogP contribution in [-0.2, 0) is 16.1 Å². The van der Waals surface area contributed by atoms with Crippen molar-refractivity contribution in [3.8, 4) is 0 Å². The Bertz CT molecular complexity index is 613. The molecule has 0 radical (unpaired) electrons. The smallest absolute Gasteiger partial charge is 0.130 e. The molecule has 0 bridgehead atoms. The minimum Gasteiger partial charge on any atom is -0.365 e. The molecule has 6 heteroatoms. The van der Waals surface area contributed by atoms with Crippen LogP contribution < -0.4 is 5.43 Å². The first-order valence-corrected chi connectivity index (χ1v) is 15.4. The maximum Gasteiger partial charge on any atom is 0.130 e. The van der Waals surface area contributed by atoms with Crippen LogP contribution in [0, 0.1) is 5.92 Å². The molecule has 1 aromatic rings. The second-order valence-corrected chi connectivity index (χ2v) is 15.2. The molecular weight excluding hydrogens is 390 g/mol. The van der Waals surface area contributed by atoms with Crippen molar-refractivity contribution in [2.75, 3.05) is 20.4 Å². The molecule has 2 rings (SSSR count). The molecule has 30 heavy (non-hydrogen) atoms. The summed E-state index contributed by atoms with van der Waals surface area (Å²) in [4.78, 5) is 4.60. The van der Waals surface area contributed by atoms with E-state index in [1.54, 1.807) is 0 Å². The third kappa shape index (κ3) is 9.29. The van der Waals surface area contributed by atoms with E-state index in [2.05, 4.69) is 66.3 Å². The van der Waals surface area contributed by atoms with Crippen molar-refractivity contribution < 1.29 is 9.47 Å². The minimum absolute atomic E-state index is 0.0553. The molecule has 1 N–H and O–H groups in total. The lowest BCUT2D eigenvalue weighted by Crippen LogP contribution is -2.52. The molecule has 1 aromatic carbocycles. The Morgan fingerprint density at radius 2 is 1.90 bits per heavy atom. The molecule has 5 nitrogen and oxygen atoms in total. The summed E-state index contributed by atoms with van der Waals surface area (Å²) in [5.74, 6) is 1.60. The summed E-state index contributed by atoms with van der Waals surface area (Å²) in [7, 11) is 0.784. The number of benzene rings is 1. The number of hydrogen-bond donors (Lipinski definition) is 1. The lowest BCUT2D eigenvalue weighted by atomic mass is 10.1. The molecule has 1 unspecified atom stereocenters. The van der Waals surface area contributed by atoms with Crippen LogP contribution in [0.15, 0.2) is 35.3 Å². The van der Waals surface area contributed by atoms with E-state index >= 15 is 0 Å². The van der Waals surface area contributed by atoms with Gasteiger partial charge in [-0.05, 0) is 30.9 Å². The van der Waals surface area contributed by atoms with Gasteiger partial charge in [0.15, 0.2) is 0 Å². The van der Waals surface area contributed by atoms with E-state index < -0.39 is 8.07 Å². The van der Waals surface area contributed by atoms with E-state index in [0.717, 1.165) is 25.3 Å². The number of nitrogens with zero attached hydrogens (tertiary/aromatic N) is 2. The molecule has 1 fully saturated rings. The quantitative estimate of drug-likeness (QED) is 0.109. The standard InChI is InChI=1S/C24H43N3O2Si/c1-6-12-23(29-19-21-13-8-7-9-14-21)27(20-28-17-18-30(3,4)5)26-24(25-2)22-15-10-11-16-22/h7-9,13-14,22-23H,6,10-12,15-20H2,1-5H3,(H,25,26). The first-order chi connectivity index (χ1) is 14.4. The van der Waals surface area contributed by atoms with Gasteiger partial charge in [-0.1, -0.05) is 76.2 Å². The summed E-state index contributed by atoms with van der Waals surface area (Å²) in [6.45, 7) is 11.3. The second-order valence-electron chi connectivity index (χ2n) is 9.56. The zero-order valence-electron chi connectivity index (χ0n) is 19.8. The predicted octanol–water partition coefficient (Wildman–Crippen LogP) is 5.67. The molecule has 0 aliphatic heterocycles. The van der Waals surface area contributed by atoms with Crippen LogP contribution in [-0.4, -0.2) is 45.5 Å². The minimum atomic E-state index is -1.11. The Balaban J connectivity index is 2.04. The summed E-state index contributed by atoms with van der Waals surface area (Å²) in [5.41, 5.74) is 4.80. The largest absolute Gasteiger partial charge is 0.365 e. The van der Waals surface area contributed by atoms with Crippen LogP contribution in [0.3, 0.4) is 0 Å². The van der Waals surface area contributed by atoms with Gasteiger partial charge in [0.05, 0.1) is 6.61 Å². The van der Waals surface area contributed by atoms with Crippen molar-refractivity contribution in [1.29, 1.82) is 0 Å². The fraction of sp³-hybridized carbons (Fsp3) is 0.708. The predicted molar refractivity (Wildman–Crippen MR) is 129 cm³/mol. The van der Waals surface area contributed by atoms with Crippen LogP contribution in [0.5, 0.6) is 0 Å². The van der Waals surface area contributed by atoms with Crippen molar-refractivity contribution in [3.63, 3.8) is 0 Å². The van der Waals surface area contributed by atoms with Gasteiger partial charge < -0.3 is 14.9 Å². The van der Waals surface area contributed by atoms with Crippen LogP contribution in [0.4, 0.5) is 0 Å². The number of rotatable bonds is 13. The van der Waals surface area contributed by atoms with Crippen molar-refractivity contribution in [2.24, 2.45) is 10.9 Å². The molecule has 170 valence electrons. The van der Waals surface area contributed by atoms with Crippen LogP contribution >= 0.6 is 0 Å². The Morgan fingerprint density at radius 3 is 2.50 bits per heavy atom. The molecule has 1 aliphatic rings. The van der Waals surface area contributed by atoms with Gasteiger partial charge in [-0.3, -0.25) is 4.99 Å². The maximum absolute atomic E-state index is 6.37. The van der Waals surface area contributed by atoms with E-state index in [-0.39, 0.29) is 6.23 Å². The zero-order valence-corrected chi connectivity index (χ0v) is 20.8. The maximum atomic E-state index is 6.37. The lowest BCUT2D eigenvalue weighted by molar-refractivity contribution is -0.130. The van der Waals surface area contributed by atoms with Gasteiger partial charge in [0.2, 0.25) is 0 Å². The summed E-state index contributed by atoms with van der Waals surface area (Å²) in [5, 5.41) is 2.14. The molecule has 1 saturated carbocycles. The molecule has 0 amide bonds. The summed E-state index contributed by atoms with van der Waals surface area (Å²) in [6.07, 6.45) is 6.95. The highest BCUT2D eigenvalue weighted by Gasteiger charge is 2.26. The summed E-state index contributed by atoms with van der Waals surface area (Å²) >= 11 is 0. The molecule has 0 heterocycles. The fourth-order valence-electron chi connectivity index (χ4n) is 3.74. The van der Waals surface area contributed by atoms with E-state index in [0.29, 0.717) is 19.3 Å². The van der Waals surface area contributed by atoms with Gasteiger partial charge in [-0.15, -0.1) is 0 Å². The highest BCUT2D eigenvalue weighted by molar-refractivity contribution is 6.76. The normalized spacial score (nSPS) is 16.9. The van der Waals surface area contributed by atoms with Crippen molar-refractivity contribution in [3.05, 3.63) is 35.9 Å². The summed E-state index contributed by atoms with van der Waals surface area (Å²) in [6, 6.07) is 11.6. The first-order valence-electron chi connectivity index (χ1n) is 11.7. The highest BCUT2D eigenvalue weighted by Crippen LogP contribution is 2.26. The Morgan fingerprint density at radius 1 is 1.20 bits per heavy atom. The van der Waals surface area contributed by atoms with Gasteiger partial charge in [0, 0.05) is 27.6 Å². The molecule has 0 aromatic heterocycles. The topological polar surface area (TPSA) is 46.1 Å². The molecule has 0 saturated heterocycles. The number of ether oxygens (including phenoxy) is 2. The molecular formula is C24H43N3O2Si. The van der Waals surface area contributed by atoms with Gasteiger partial charge in [-0.2, -0.15) is 5.01 Å². The van der Waals surface area contributed by atoms with E-state index in [9.17, 15) is 0 Å². The summed E-state index contributed by atoms with van der Waals surface area (Å²) < 4.78 is 12.5.